The van der Waals surface area contributed by atoms with Crippen molar-refractivity contribution in [1.29, 1.82) is 0 Å². The van der Waals surface area contributed by atoms with E-state index >= 15 is 0 Å². The maximum atomic E-state index is 11.8. The Morgan fingerprint density at radius 2 is 1.81 bits per heavy atom. The van der Waals surface area contributed by atoms with E-state index in [-0.39, 0.29) is 5.97 Å². The molecule has 0 fully saturated rings. The van der Waals surface area contributed by atoms with Crippen LogP contribution < -0.4 is 0 Å². The molecule has 1 aromatic carbocycles. The Morgan fingerprint density at radius 1 is 1.00 bits per heavy atom. The summed E-state index contributed by atoms with van der Waals surface area (Å²) in [6.45, 7) is 5.84. The van der Waals surface area contributed by atoms with Crippen molar-refractivity contribution in [2.24, 2.45) is 0 Å². The third-order valence-corrected chi connectivity index (χ3v) is 3.42. The third-order valence-electron chi connectivity index (χ3n) is 3.42. The smallest absolute Gasteiger partial charge is 0.338 e. The van der Waals surface area contributed by atoms with E-state index < -0.39 is 0 Å². The van der Waals surface area contributed by atoms with Crippen LogP contribution in [0.5, 0.6) is 0 Å². The fourth-order valence-electron chi connectivity index (χ4n) is 2.10. The zero-order valence-corrected chi connectivity index (χ0v) is 13.4. The van der Waals surface area contributed by atoms with E-state index in [9.17, 15) is 4.79 Å². The number of unbranched alkanes of at least 4 members (excludes halogenated alkanes) is 4. The Kier molecular flexibility index (Phi) is 9.55. The fraction of sp³-hybridized carbons (Fsp3) is 0.611. The number of aryl methyl sites for hydroxylation is 1. The van der Waals surface area contributed by atoms with Gasteiger partial charge in [0.25, 0.3) is 0 Å². The number of carbonyl (C=O) groups is 1. The molecule has 0 aromatic heterocycles. The minimum Gasteiger partial charge on any atom is -0.460 e. The Labute approximate surface area is 128 Å². The Morgan fingerprint density at radius 3 is 2.57 bits per heavy atom. The quantitative estimate of drug-likeness (QED) is 0.448. The second-order valence-electron chi connectivity index (χ2n) is 5.22. The first-order valence-corrected chi connectivity index (χ1v) is 8.11. The van der Waals surface area contributed by atoms with Gasteiger partial charge in [-0.05, 0) is 30.5 Å². The summed E-state index contributed by atoms with van der Waals surface area (Å²) in [5.41, 5.74) is 1.77. The van der Waals surface area contributed by atoms with Crippen LogP contribution in [-0.2, 0) is 15.9 Å². The lowest BCUT2D eigenvalue weighted by Gasteiger charge is -2.07. The summed E-state index contributed by atoms with van der Waals surface area (Å²) in [7, 11) is 0. The van der Waals surface area contributed by atoms with Crippen molar-refractivity contribution < 1.29 is 14.3 Å². The summed E-state index contributed by atoms with van der Waals surface area (Å²) in [5, 5.41) is 0. The number of hydrogen-bond acceptors (Lipinski definition) is 3. The highest BCUT2D eigenvalue weighted by Crippen LogP contribution is 2.07. The second kappa shape index (κ2) is 11.3. The molecule has 3 nitrogen and oxygen atoms in total. The van der Waals surface area contributed by atoms with E-state index in [1.165, 1.54) is 25.7 Å². The van der Waals surface area contributed by atoms with Gasteiger partial charge in [0.1, 0.15) is 6.61 Å². The summed E-state index contributed by atoms with van der Waals surface area (Å²) < 4.78 is 10.7. The number of carbonyl (C=O) groups excluding carboxylic acids is 1. The van der Waals surface area contributed by atoms with Crippen LogP contribution in [0.15, 0.2) is 24.3 Å². The van der Waals surface area contributed by atoms with Crippen molar-refractivity contribution in [1.82, 2.24) is 0 Å². The largest absolute Gasteiger partial charge is 0.460 e. The highest BCUT2D eigenvalue weighted by atomic mass is 16.6. The number of esters is 1. The molecule has 0 saturated heterocycles. The molecule has 0 aliphatic heterocycles. The van der Waals surface area contributed by atoms with Gasteiger partial charge >= 0.3 is 5.97 Å². The average Bonchev–Trinajstić information content (AvgIpc) is 2.53. The van der Waals surface area contributed by atoms with Crippen molar-refractivity contribution >= 4 is 5.97 Å². The average molecular weight is 292 g/mol. The predicted molar refractivity (Wildman–Crippen MR) is 85.7 cm³/mol. The molecule has 0 aliphatic rings. The van der Waals surface area contributed by atoms with Gasteiger partial charge in [-0.15, -0.1) is 0 Å². The minimum absolute atomic E-state index is 0.267. The number of ether oxygens (including phenoxy) is 2. The Balaban J connectivity index is 2.08. The van der Waals surface area contributed by atoms with Crippen LogP contribution in [0.1, 0.15) is 61.9 Å². The molecule has 0 aliphatic carbocycles. The summed E-state index contributed by atoms with van der Waals surface area (Å²) in [4.78, 5) is 11.8. The van der Waals surface area contributed by atoms with Crippen molar-refractivity contribution in [2.75, 3.05) is 19.8 Å². The lowest BCUT2D eigenvalue weighted by Crippen LogP contribution is -2.11. The summed E-state index contributed by atoms with van der Waals surface area (Å²) >= 11 is 0. The first kappa shape index (κ1) is 17.7. The van der Waals surface area contributed by atoms with Gasteiger partial charge < -0.3 is 9.47 Å². The van der Waals surface area contributed by atoms with E-state index in [0.717, 1.165) is 25.0 Å². The van der Waals surface area contributed by atoms with Crippen LogP contribution in [-0.4, -0.2) is 25.8 Å². The van der Waals surface area contributed by atoms with E-state index in [4.69, 9.17) is 9.47 Å². The molecular formula is C18H28O3. The van der Waals surface area contributed by atoms with Gasteiger partial charge in [0.2, 0.25) is 0 Å². The molecule has 0 saturated carbocycles. The number of hydrogen-bond donors (Lipinski definition) is 0. The number of benzene rings is 1. The lowest BCUT2D eigenvalue weighted by atomic mass is 10.1. The maximum absolute atomic E-state index is 11.8. The molecule has 1 aromatic rings. The molecule has 0 bridgehead atoms. The minimum atomic E-state index is -0.267. The van der Waals surface area contributed by atoms with E-state index in [0.29, 0.717) is 18.8 Å². The number of rotatable bonds is 11. The Hall–Kier alpha value is -1.35. The van der Waals surface area contributed by atoms with E-state index in [1.807, 2.05) is 18.2 Å². The molecule has 0 spiro atoms. The molecular weight excluding hydrogens is 264 g/mol. The van der Waals surface area contributed by atoms with Gasteiger partial charge in [0.05, 0.1) is 12.2 Å². The summed E-state index contributed by atoms with van der Waals surface area (Å²) in [6.07, 6.45) is 7.07. The monoisotopic (exact) mass is 292 g/mol. The summed E-state index contributed by atoms with van der Waals surface area (Å²) in [6, 6.07) is 7.58. The van der Waals surface area contributed by atoms with Crippen molar-refractivity contribution in [3.05, 3.63) is 35.4 Å². The zero-order chi connectivity index (χ0) is 15.3. The first-order chi connectivity index (χ1) is 10.3. The SMILES string of the molecule is CCCCCCCOCCOC(=O)c1cccc(CC)c1. The molecule has 3 heteroatoms. The highest BCUT2D eigenvalue weighted by molar-refractivity contribution is 5.89. The lowest BCUT2D eigenvalue weighted by molar-refractivity contribution is 0.0312. The van der Waals surface area contributed by atoms with Crippen LogP contribution >= 0.6 is 0 Å². The summed E-state index contributed by atoms with van der Waals surface area (Å²) in [5.74, 6) is -0.267. The zero-order valence-electron chi connectivity index (χ0n) is 13.4. The fourth-order valence-corrected chi connectivity index (χ4v) is 2.10. The van der Waals surface area contributed by atoms with Gasteiger partial charge in [-0.3, -0.25) is 0 Å². The molecule has 118 valence electrons. The van der Waals surface area contributed by atoms with Crippen LogP contribution in [0.4, 0.5) is 0 Å². The van der Waals surface area contributed by atoms with Gasteiger partial charge in [0.15, 0.2) is 0 Å². The highest BCUT2D eigenvalue weighted by Gasteiger charge is 2.06. The topological polar surface area (TPSA) is 35.5 Å². The van der Waals surface area contributed by atoms with Crippen molar-refractivity contribution in [3.8, 4) is 0 Å². The maximum Gasteiger partial charge on any atom is 0.338 e. The van der Waals surface area contributed by atoms with Gasteiger partial charge in [-0.2, -0.15) is 0 Å². The van der Waals surface area contributed by atoms with Gasteiger partial charge in [-0.1, -0.05) is 51.7 Å². The van der Waals surface area contributed by atoms with Crippen LogP contribution in [0, 0.1) is 0 Å². The van der Waals surface area contributed by atoms with Crippen LogP contribution in [0.25, 0.3) is 0 Å². The molecule has 0 atom stereocenters. The molecule has 0 unspecified atom stereocenters. The molecule has 1 rings (SSSR count). The van der Waals surface area contributed by atoms with Gasteiger partial charge in [-0.25, -0.2) is 4.79 Å². The van der Waals surface area contributed by atoms with Gasteiger partial charge in [0, 0.05) is 6.61 Å². The standard InChI is InChI=1S/C18H28O3/c1-3-5-6-7-8-12-20-13-14-21-18(19)17-11-9-10-16(4-2)15-17/h9-11,15H,3-8,12-14H2,1-2H3. The van der Waals surface area contributed by atoms with Crippen LogP contribution in [0.3, 0.4) is 0 Å². The molecule has 0 radical (unpaired) electrons. The third kappa shape index (κ3) is 7.86. The van der Waals surface area contributed by atoms with E-state index in [2.05, 4.69) is 13.8 Å². The van der Waals surface area contributed by atoms with Crippen molar-refractivity contribution in [2.45, 2.75) is 52.4 Å². The molecule has 21 heavy (non-hydrogen) atoms. The first-order valence-electron chi connectivity index (χ1n) is 8.11. The van der Waals surface area contributed by atoms with Crippen LogP contribution in [0.2, 0.25) is 0 Å². The molecule has 0 heterocycles. The predicted octanol–water partition coefficient (Wildman–Crippen LogP) is 4.39. The van der Waals surface area contributed by atoms with E-state index in [1.54, 1.807) is 6.07 Å². The normalized spacial score (nSPS) is 10.6. The molecule has 0 amide bonds. The second-order valence-corrected chi connectivity index (χ2v) is 5.22. The molecule has 0 N–H and O–H groups in total. The Bertz CT molecular complexity index is 401. The van der Waals surface area contributed by atoms with Crippen molar-refractivity contribution in [3.63, 3.8) is 0 Å².